The molecular formula is C10H12I2O3. The van der Waals surface area contributed by atoms with Gasteiger partial charge in [0.1, 0.15) is 0 Å². The van der Waals surface area contributed by atoms with Crippen LogP contribution < -0.4 is 0 Å². The Labute approximate surface area is 116 Å². The van der Waals surface area contributed by atoms with Gasteiger partial charge < -0.3 is 10.2 Å². The molecule has 0 unspecified atom stereocenters. The van der Waals surface area contributed by atoms with Crippen LogP contribution in [0, 0.1) is 0 Å². The summed E-state index contributed by atoms with van der Waals surface area (Å²) in [5.41, 5.74) is 0.331. The van der Waals surface area contributed by atoms with Crippen LogP contribution in [0.5, 0.6) is 0 Å². The molecular weight excluding hydrogens is 422 g/mol. The molecule has 5 heteroatoms. The number of carbonyl (C=O) groups is 1. The molecule has 84 valence electrons. The second-order valence-electron chi connectivity index (χ2n) is 2.63. The molecule has 0 fully saturated rings. The van der Waals surface area contributed by atoms with Gasteiger partial charge in [0, 0.05) is 8.86 Å². The Bertz CT molecular complexity index is 273. The summed E-state index contributed by atoms with van der Waals surface area (Å²) in [7, 11) is 0. The van der Waals surface area contributed by atoms with Crippen LogP contribution in [0.4, 0.5) is 0 Å². The highest BCUT2D eigenvalue weighted by atomic mass is 127. The third-order valence-electron chi connectivity index (χ3n) is 1.38. The van der Waals surface area contributed by atoms with Crippen molar-refractivity contribution in [2.45, 2.75) is 6.10 Å². The maximum atomic E-state index is 10.2. The number of hydrogen-bond donors (Lipinski definition) is 2. The summed E-state index contributed by atoms with van der Waals surface area (Å²) in [5.74, 6) is -0.879. The van der Waals surface area contributed by atoms with Gasteiger partial charge in [0.15, 0.2) is 0 Å². The van der Waals surface area contributed by atoms with Crippen molar-refractivity contribution < 1.29 is 15.0 Å². The van der Waals surface area contributed by atoms with Crippen LogP contribution in [0.15, 0.2) is 30.3 Å². The molecule has 0 bridgehead atoms. The highest BCUT2D eigenvalue weighted by molar-refractivity contribution is 14.1. The number of aliphatic hydroxyl groups is 1. The number of carboxylic acids is 1. The first-order valence-corrected chi connectivity index (χ1v) is 7.25. The summed E-state index contributed by atoms with van der Waals surface area (Å²) in [6.07, 6.45) is -0.0915. The number of carboxylic acid groups (broad SMARTS) is 1. The van der Waals surface area contributed by atoms with Crippen molar-refractivity contribution in [2.24, 2.45) is 0 Å². The molecule has 0 aromatic heterocycles. The highest BCUT2D eigenvalue weighted by Crippen LogP contribution is 1.96. The average Bonchev–Trinajstić information content (AvgIpc) is 2.30. The molecule has 2 N–H and O–H groups in total. The molecule has 0 atom stereocenters. The quantitative estimate of drug-likeness (QED) is 0.569. The average molecular weight is 434 g/mol. The zero-order valence-electron chi connectivity index (χ0n) is 7.94. The molecule has 0 amide bonds. The molecule has 0 saturated carbocycles. The van der Waals surface area contributed by atoms with Crippen molar-refractivity contribution in [1.29, 1.82) is 0 Å². The Morgan fingerprint density at radius 1 is 1.20 bits per heavy atom. The molecule has 1 rings (SSSR count). The van der Waals surface area contributed by atoms with Crippen molar-refractivity contribution in [3.8, 4) is 0 Å². The van der Waals surface area contributed by atoms with E-state index in [1.54, 1.807) is 30.3 Å². The van der Waals surface area contributed by atoms with Gasteiger partial charge in [0.2, 0.25) is 0 Å². The number of benzene rings is 1. The molecule has 0 aliphatic carbocycles. The van der Waals surface area contributed by atoms with Gasteiger partial charge in [0.25, 0.3) is 0 Å². The van der Waals surface area contributed by atoms with E-state index >= 15 is 0 Å². The maximum absolute atomic E-state index is 10.2. The minimum absolute atomic E-state index is 0.0915. The normalized spacial score (nSPS) is 9.33. The second kappa shape index (κ2) is 9.34. The smallest absolute Gasteiger partial charge is 0.335 e. The van der Waals surface area contributed by atoms with E-state index in [9.17, 15) is 4.79 Å². The SMILES string of the molecule is O=C(O)c1ccccc1.OC(CI)CI. The van der Waals surface area contributed by atoms with Crippen LogP contribution in [0.25, 0.3) is 0 Å². The molecule has 0 aliphatic heterocycles. The lowest BCUT2D eigenvalue weighted by Gasteiger charge is -1.95. The molecule has 15 heavy (non-hydrogen) atoms. The van der Waals surface area contributed by atoms with E-state index in [-0.39, 0.29) is 6.10 Å². The first kappa shape index (κ1) is 15.1. The molecule has 0 aliphatic rings. The van der Waals surface area contributed by atoms with Gasteiger partial charge >= 0.3 is 5.97 Å². The highest BCUT2D eigenvalue weighted by Gasteiger charge is 1.96. The number of alkyl halides is 2. The Balaban J connectivity index is 0.000000288. The topological polar surface area (TPSA) is 57.5 Å². The van der Waals surface area contributed by atoms with Crippen molar-refractivity contribution in [3.63, 3.8) is 0 Å². The van der Waals surface area contributed by atoms with E-state index in [4.69, 9.17) is 10.2 Å². The predicted molar refractivity (Wildman–Crippen MR) is 77.2 cm³/mol. The number of rotatable bonds is 3. The third kappa shape index (κ3) is 7.97. The second-order valence-corrected chi connectivity index (χ2v) is 4.40. The van der Waals surface area contributed by atoms with E-state index in [0.29, 0.717) is 5.56 Å². The fourth-order valence-corrected chi connectivity index (χ4v) is 2.44. The Kier molecular flexibility index (Phi) is 9.41. The van der Waals surface area contributed by atoms with Crippen molar-refractivity contribution >= 4 is 51.2 Å². The molecule has 0 heterocycles. The van der Waals surface area contributed by atoms with Gasteiger partial charge in [-0.2, -0.15) is 0 Å². The molecule has 1 aromatic carbocycles. The number of halogens is 2. The lowest BCUT2D eigenvalue weighted by Crippen LogP contribution is -2.07. The third-order valence-corrected chi connectivity index (χ3v) is 3.41. The zero-order chi connectivity index (χ0) is 11.7. The molecule has 0 spiro atoms. The maximum Gasteiger partial charge on any atom is 0.335 e. The fraction of sp³-hybridized carbons (Fsp3) is 0.300. The van der Waals surface area contributed by atoms with Crippen LogP contribution in [0.3, 0.4) is 0 Å². The first-order chi connectivity index (χ1) is 7.11. The van der Waals surface area contributed by atoms with E-state index in [1.807, 2.05) is 0 Å². The number of aromatic carboxylic acids is 1. The van der Waals surface area contributed by atoms with Gasteiger partial charge in [-0.3, -0.25) is 0 Å². The van der Waals surface area contributed by atoms with Crippen LogP contribution in [0.2, 0.25) is 0 Å². The standard InChI is InChI=1S/C7H6O2.C3H6I2O/c8-7(9)6-4-2-1-3-5-6;4-1-3(6)2-5/h1-5H,(H,8,9);3,6H,1-2H2. The van der Waals surface area contributed by atoms with Crippen LogP contribution in [0.1, 0.15) is 10.4 Å². The summed E-state index contributed by atoms with van der Waals surface area (Å²) in [5, 5.41) is 17.0. The molecule has 0 saturated heterocycles. The Morgan fingerprint density at radius 3 is 1.87 bits per heavy atom. The summed E-state index contributed by atoms with van der Waals surface area (Å²) in [4.78, 5) is 10.2. The Hall–Kier alpha value is 0.110. The largest absolute Gasteiger partial charge is 0.478 e. The number of aliphatic hydroxyl groups excluding tert-OH is 1. The zero-order valence-corrected chi connectivity index (χ0v) is 12.3. The lowest BCUT2D eigenvalue weighted by atomic mass is 10.2. The van der Waals surface area contributed by atoms with Crippen molar-refractivity contribution in [2.75, 3.05) is 8.86 Å². The van der Waals surface area contributed by atoms with E-state index in [1.165, 1.54) is 0 Å². The first-order valence-electron chi connectivity index (χ1n) is 4.20. The van der Waals surface area contributed by atoms with Crippen molar-refractivity contribution in [3.05, 3.63) is 35.9 Å². The molecule has 0 radical (unpaired) electrons. The van der Waals surface area contributed by atoms with Gasteiger partial charge in [-0.1, -0.05) is 63.4 Å². The lowest BCUT2D eigenvalue weighted by molar-refractivity contribution is 0.0697. The number of hydrogen-bond acceptors (Lipinski definition) is 2. The molecule has 3 nitrogen and oxygen atoms in total. The van der Waals surface area contributed by atoms with Gasteiger partial charge in [-0.25, -0.2) is 4.79 Å². The summed E-state index contributed by atoms with van der Waals surface area (Å²) >= 11 is 4.32. The van der Waals surface area contributed by atoms with E-state index in [2.05, 4.69) is 45.2 Å². The van der Waals surface area contributed by atoms with E-state index < -0.39 is 5.97 Å². The minimum atomic E-state index is -0.879. The fourth-order valence-electron chi connectivity index (χ4n) is 0.622. The summed E-state index contributed by atoms with van der Waals surface area (Å²) in [6.45, 7) is 0. The Morgan fingerprint density at radius 2 is 1.67 bits per heavy atom. The molecule has 1 aromatic rings. The predicted octanol–water partition coefficient (Wildman–Crippen LogP) is 2.60. The van der Waals surface area contributed by atoms with Gasteiger partial charge in [0.05, 0.1) is 11.7 Å². The van der Waals surface area contributed by atoms with Crippen LogP contribution >= 0.6 is 45.2 Å². The van der Waals surface area contributed by atoms with Crippen molar-refractivity contribution in [1.82, 2.24) is 0 Å². The summed E-state index contributed by atoms with van der Waals surface area (Å²) in [6, 6.07) is 8.30. The van der Waals surface area contributed by atoms with Crippen LogP contribution in [-0.4, -0.2) is 31.1 Å². The van der Waals surface area contributed by atoms with E-state index in [0.717, 1.165) is 8.86 Å². The van der Waals surface area contributed by atoms with Crippen LogP contribution in [-0.2, 0) is 0 Å². The monoisotopic (exact) mass is 434 g/mol. The summed E-state index contributed by atoms with van der Waals surface area (Å²) < 4.78 is 1.70. The minimum Gasteiger partial charge on any atom is -0.478 e. The van der Waals surface area contributed by atoms with Gasteiger partial charge in [-0.15, -0.1) is 0 Å². The van der Waals surface area contributed by atoms with Gasteiger partial charge in [-0.05, 0) is 12.1 Å².